The van der Waals surface area contributed by atoms with Crippen LogP contribution in [0.1, 0.15) is 22.3 Å². The molecule has 28 heavy (non-hydrogen) atoms. The summed E-state index contributed by atoms with van der Waals surface area (Å²) in [4.78, 5) is 37.5. The Morgan fingerprint density at radius 3 is 2.50 bits per heavy atom. The topological polar surface area (TPSA) is 88.1 Å². The third-order valence-corrected chi connectivity index (χ3v) is 4.61. The van der Waals surface area contributed by atoms with Gasteiger partial charge in [-0.25, -0.2) is 10.2 Å². The van der Waals surface area contributed by atoms with Gasteiger partial charge in [0, 0.05) is 23.7 Å². The maximum Gasteiger partial charge on any atom is 0.337 e. The first kappa shape index (κ1) is 19.6. The smallest absolute Gasteiger partial charge is 0.337 e. The molecule has 7 nitrogen and oxygen atoms in total. The molecule has 1 saturated heterocycles. The maximum atomic E-state index is 12.3. The first-order valence-electron chi connectivity index (χ1n) is 8.55. The van der Waals surface area contributed by atoms with Crippen molar-refractivity contribution in [1.82, 2.24) is 5.43 Å². The van der Waals surface area contributed by atoms with Gasteiger partial charge >= 0.3 is 5.97 Å². The van der Waals surface area contributed by atoms with Gasteiger partial charge in [-0.1, -0.05) is 23.7 Å². The van der Waals surface area contributed by atoms with Crippen molar-refractivity contribution in [2.45, 2.75) is 6.42 Å². The number of ether oxygens (including phenoxy) is 1. The zero-order valence-electron chi connectivity index (χ0n) is 15.1. The molecule has 2 aromatic rings. The number of carbonyl (C=O) groups excluding carboxylic acids is 3. The second kappa shape index (κ2) is 8.67. The molecular weight excluding hydrogens is 382 g/mol. The van der Waals surface area contributed by atoms with Crippen LogP contribution < -0.4 is 10.3 Å². The Bertz CT molecular complexity index is 910. The van der Waals surface area contributed by atoms with Gasteiger partial charge < -0.3 is 9.64 Å². The highest BCUT2D eigenvalue weighted by Gasteiger charge is 2.35. The summed E-state index contributed by atoms with van der Waals surface area (Å²) in [6, 6.07) is 13.5. The zero-order chi connectivity index (χ0) is 20.1. The number of methoxy groups -OCH3 is 1. The fourth-order valence-corrected chi connectivity index (χ4v) is 2.96. The number of halogens is 1. The molecule has 144 valence electrons. The standard InChI is InChI=1S/C20H18ClN3O4/c1-28-20(27)14-4-2-13(3-5-14)11-22-23-19(26)15-10-18(25)24(12-15)17-8-6-16(21)7-9-17/h2-9,11,15H,10,12H2,1H3,(H,23,26). The van der Waals surface area contributed by atoms with E-state index in [9.17, 15) is 14.4 Å². The van der Waals surface area contributed by atoms with Crippen molar-refractivity contribution in [2.75, 3.05) is 18.6 Å². The van der Waals surface area contributed by atoms with Gasteiger partial charge in [-0.3, -0.25) is 9.59 Å². The van der Waals surface area contributed by atoms with Crippen molar-refractivity contribution < 1.29 is 19.1 Å². The second-order valence-corrected chi connectivity index (χ2v) is 6.67. The van der Waals surface area contributed by atoms with Gasteiger partial charge in [-0.05, 0) is 42.0 Å². The molecule has 0 aromatic heterocycles. The second-order valence-electron chi connectivity index (χ2n) is 6.23. The summed E-state index contributed by atoms with van der Waals surface area (Å²) in [5, 5.41) is 4.51. The van der Waals surface area contributed by atoms with Gasteiger partial charge in [0.05, 0.1) is 24.8 Å². The molecule has 3 rings (SSSR count). The van der Waals surface area contributed by atoms with Gasteiger partial charge in [-0.15, -0.1) is 0 Å². The van der Waals surface area contributed by atoms with Crippen molar-refractivity contribution in [1.29, 1.82) is 0 Å². The van der Waals surface area contributed by atoms with Crippen molar-refractivity contribution in [3.63, 3.8) is 0 Å². The summed E-state index contributed by atoms with van der Waals surface area (Å²) in [6.07, 6.45) is 1.59. The number of benzene rings is 2. The Labute approximate surface area is 166 Å². The third-order valence-electron chi connectivity index (χ3n) is 4.35. The Kier molecular flexibility index (Phi) is 6.06. The van der Waals surface area contributed by atoms with E-state index in [0.717, 1.165) is 0 Å². The predicted octanol–water partition coefficient (Wildman–Crippen LogP) is 2.63. The van der Waals surface area contributed by atoms with Gasteiger partial charge in [-0.2, -0.15) is 5.10 Å². The fourth-order valence-electron chi connectivity index (χ4n) is 2.84. The molecule has 1 aliphatic heterocycles. The monoisotopic (exact) mass is 399 g/mol. The Morgan fingerprint density at radius 1 is 1.18 bits per heavy atom. The number of anilines is 1. The Morgan fingerprint density at radius 2 is 1.86 bits per heavy atom. The van der Waals surface area contributed by atoms with E-state index in [1.165, 1.54) is 13.3 Å². The highest BCUT2D eigenvalue weighted by atomic mass is 35.5. The summed E-state index contributed by atoms with van der Waals surface area (Å²) in [7, 11) is 1.31. The Balaban J connectivity index is 1.56. The molecule has 1 N–H and O–H groups in total. The fraction of sp³-hybridized carbons (Fsp3) is 0.200. The van der Waals surface area contributed by atoms with Gasteiger partial charge in [0.25, 0.3) is 0 Å². The maximum absolute atomic E-state index is 12.3. The highest BCUT2D eigenvalue weighted by Crippen LogP contribution is 2.26. The van der Waals surface area contributed by atoms with E-state index < -0.39 is 11.9 Å². The molecule has 1 unspecified atom stereocenters. The van der Waals surface area contributed by atoms with Crippen molar-refractivity contribution in [3.05, 3.63) is 64.7 Å². The highest BCUT2D eigenvalue weighted by molar-refractivity contribution is 6.30. The summed E-state index contributed by atoms with van der Waals surface area (Å²) in [5.41, 5.74) is 4.30. The van der Waals surface area contributed by atoms with Crippen LogP contribution in [0.3, 0.4) is 0 Å². The van der Waals surface area contributed by atoms with Crippen molar-refractivity contribution >= 4 is 41.3 Å². The number of hydrogen-bond donors (Lipinski definition) is 1. The summed E-state index contributed by atoms with van der Waals surface area (Å²) < 4.78 is 4.63. The van der Waals surface area contributed by atoms with Crippen LogP contribution in [-0.4, -0.2) is 37.7 Å². The molecule has 8 heteroatoms. The lowest BCUT2D eigenvalue weighted by Crippen LogP contribution is -2.30. The minimum Gasteiger partial charge on any atom is -0.465 e. The van der Waals surface area contributed by atoms with Crippen LogP contribution in [0.2, 0.25) is 5.02 Å². The lowest BCUT2D eigenvalue weighted by molar-refractivity contribution is -0.126. The van der Waals surface area contributed by atoms with E-state index in [1.54, 1.807) is 53.4 Å². The SMILES string of the molecule is COC(=O)c1ccc(C=NNC(=O)C2CC(=O)N(c3ccc(Cl)cc3)C2)cc1. The molecular formula is C20H18ClN3O4. The first-order valence-corrected chi connectivity index (χ1v) is 8.93. The molecule has 0 radical (unpaired) electrons. The molecule has 0 aliphatic carbocycles. The molecule has 0 spiro atoms. The number of rotatable bonds is 5. The molecule has 2 aromatic carbocycles. The van der Waals surface area contributed by atoms with Gasteiger partial charge in [0.2, 0.25) is 11.8 Å². The number of nitrogens with zero attached hydrogens (tertiary/aromatic N) is 2. The predicted molar refractivity (Wildman–Crippen MR) is 105 cm³/mol. The quantitative estimate of drug-likeness (QED) is 0.475. The summed E-state index contributed by atoms with van der Waals surface area (Å²) >= 11 is 5.87. The molecule has 1 heterocycles. The van der Waals surface area contributed by atoms with Crippen LogP contribution in [0.4, 0.5) is 5.69 Å². The minimum absolute atomic E-state index is 0.121. The molecule has 1 fully saturated rings. The van der Waals surface area contributed by atoms with Crippen LogP contribution in [0.5, 0.6) is 0 Å². The summed E-state index contributed by atoms with van der Waals surface area (Å²) in [6.45, 7) is 0.287. The van der Waals surface area contributed by atoms with Crippen LogP contribution in [0, 0.1) is 5.92 Å². The summed E-state index contributed by atoms with van der Waals surface area (Å²) in [5.74, 6) is -1.35. The van der Waals surface area contributed by atoms with E-state index in [-0.39, 0.29) is 24.8 Å². The molecule has 0 saturated carbocycles. The number of hydrazone groups is 1. The van der Waals surface area contributed by atoms with Crippen LogP contribution in [0.25, 0.3) is 0 Å². The van der Waals surface area contributed by atoms with E-state index >= 15 is 0 Å². The number of amides is 2. The van der Waals surface area contributed by atoms with E-state index in [4.69, 9.17) is 11.6 Å². The Hall–Kier alpha value is -3.19. The molecule has 0 bridgehead atoms. The number of nitrogens with one attached hydrogen (secondary N) is 1. The minimum atomic E-state index is -0.484. The van der Waals surface area contributed by atoms with Gasteiger partial charge in [0.15, 0.2) is 0 Å². The average molecular weight is 400 g/mol. The van der Waals surface area contributed by atoms with Crippen LogP contribution >= 0.6 is 11.6 Å². The molecule has 1 atom stereocenters. The van der Waals surface area contributed by atoms with Crippen molar-refractivity contribution in [2.24, 2.45) is 11.0 Å². The zero-order valence-corrected chi connectivity index (χ0v) is 15.8. The van der Waals surface area contributed by atoms with E-state index in [2.05, 4.69) is 15.3 Å². The van der Waals surface area contributed by atoms with E-state index in [1.807, 2.05) is 0 Å². The number of hydrogen-bond acceptors (Lipinski definition) is 5. The van der Waals surface area contributed by atoms with Gasteiger partial charge in [0.1, 0.15) is 0 Å². The lowest BCUT2D eigenvalue weighted by atomic mass is 10.1. The first-order chi connectivity index (χ1) is 13.5. The lowest BCUT2D eigenvalue weighted by Gasteiger charge is -2.16. The third kappa shape index (κ3) is 4.55. The number of carbonyl (C=O) groups is 3. The van der Waals surface area contributed by atoms with Crippen LogP contribution in [0.15, 0.2) is 53.6 Å². The molecule has 1 aliphatic rings. The number of esters is 1. The largest absolute Gasteiger partial charge is 0.465 e. The van der Waals surface area contributed by atoms with Crippen molar-refractivity contribution in [3.8, 4) is 0 Å². The average Bonchev–Trinajstić information content (AvgIpc) is 3.10. The normalized spacial score (nSPS) is 16.4. The van der Waals surface area contributed by atoms with E-state index in [0.29, 0.717) is 21.8 Å². The molecule has 2 amide bonds. The van der Waals surface area contributed by atoms with Crippen LogP contribution in [-0.2, 0) is 14.3 Å².